The van der Waals surface area contributed by atoms with Gasteiger partial charge >= 0.3 is 5.97 Å². The molecule has 3 N–H and O–H groups in total. The summed E-state index contributed by atoms with van der Waals surface area (Å²) in [4.78, 5) is 10.7. The first-order valence-electron chi connectivity index (χ1n) is 6.33. The summed E-state index contributed by atoms with van der Waals surface area (Å²) in [5.41, 5.74) is 1.20. The number of carbonyl (C=O) groups is 1. The van der Waals surface area contributed by atoms with Gasteiger partial charge in [0.1, 0.15) is 0 Å². The third-order valence-electron chi connectivity index (χ3n) is 3.80. The van der Waals surface area contributed by atoms with Gasteiger partial charge in [0.15, 0.2) is 0 Å². The standard InChI is InChI=1S/C14H19NO3/c16-10-14(7-1-2-8-14)9-15-12-5-3-11(4-6-12)13(17)18/h3-6,15-16H,1-2,7-10H2,(H,17,18). The monoisotopic (exact) mass is 249 g/mol. The third-order valence-corrected chi connectivity index (χ3v) is 3.80. The number of aromatic carboxylic acids is 1. The zero-order valence-corrected chi connectivity index (χ0v) is 10.4. The van der Waals surface area contributed by atoms with Gasteiger partial charge in [-0.3, -0.25) is 0 Å². The van der Waals surface area contributed by atoms with Gasteiger partial charge in [-0.05, 0) is 37.1 Å². The summed E-state index contributed by atoms with van der Waals surface area (Å²) >= 11 is 0. The minimum atomic E-state index is -0.913. The molecule has 0 unspecified atom stereocenters. The number of aliphatic hydroxyl groups excluding tert-OH is 1. The quantitative estimate of drug-likeness (QED) is 0.749. The fourth-order valence-corrected chi connectivity index (χ4v) is 2.54. The third kappa shape index (κ3) is 2.82. The molecule has 0 aromatic heterocycles. The maximum absolute atomic E-state index is 10.7. The van der Waals surface area contributed by atoms with Gasteiger partial charge in [-0.25, -0.2) is 4.79 Å². The predicted molar refractivity (Wildman–Crippen MR) is 69.9 cm³/mol. The van der Waals surface area contributed by atoms with Crippen molar-refractivity contribution in [3.05, 3.63) is 29.8 Å². The topological polar surface area (TPSA) is 69.6 Å². The number of benzene rings is 1. The Morgan fingerprint density at radius 3 is 2.33 bits per heavy atom. The molecule has 0 aliphatic heterocycles. The Morgan fingerprint density at radius 1 is 1.22 bits per heavy atom. The highest BCUT2D eigenvalue weighted by atomic mass is 16.4. The van der Waals surface area contributed by atoms with Crippen LogP contribution in [0, 0.1) is 5.41 Å². The number of hydrogen-bond donors (Lipinski definition) is 3. The molecule has 1 aliphatic carbocycles. The summed E-state index contributed by atoms with van der Waals surface area (Å²) in [6.07, 6.45) is 4.48. The van der Waals surface area contributed by atoms with Crippen LogP contribution in [0.15, 0.2) is 24.3 Å². The molecule has 0 amide bonds. The molecule has 1 aliphatic rings. The van der Waals surface area contributed by atoms with Crippen LogP contribution in [0.3, 0.4) is 0 Å². The van der Waals surface area contributed by atoms with Crippen LogP contribution in [0.5, 0.6) is 0 Å². The second kappa shape index (κ2) is 5.40. The molecule has 0 saturated heterocycles. The highest BCUT2D eigenvalue weighted by molar-refractivity contribution is 5.87. The summed E-state index contributed by atoms with van der Waals surface area (Å²) in [5.74, 6) is -0.913. The van der Waals surface area contributed by atoms with E-state index in [1.165, 1.54) is 12.8 Å². The molecule has 1 saturated carbocycles. The average molecular weight is 249 g/mol. The molecule has 4 nitrogen and oxygen atoms in total. The van der Waals surface area contributed by atoms with E-state index < -0.39 is 5.97 Å². The molecule has 18 heavy (non-hydrogen) atoms. The van der Waals surface area contributed by atoms with Crippen molar-refractivity contribution in [1.29, 1.82) is 0 Å². The molecule has 4 heteroatoms. The van der Waals surface area contributed by atoms with E-state index in [9.17, 15) is 9.90 Å². The van der Waals surface area contributed by atoms with Gasteiger partial charge in [-0.2, -0.15) is 0 Å². The van der Waals surface area contributed by atoms with E-state index in [2.05, 4.69) is 5.32 Å². The molecule has 0 heterocycles. The first-order chi connectivity index (χ1) is 8.65. The Hall–Kier alpha value is -1.55. The minimum Gasteiger partial charge on any atom is -0.478 e. The van der Waals surface area contributed by atoms with E-state index in [1.807, 2.05) is 0 Å². The number of carboxylic acid groups (broad SMARTS) is 1. The van der Waals surface area contributed by atoms with Gasteiger partial charge in [-0.1, -0.05) is 12.8 Å². The Balaban J connectivity index is 1.95. The highest BCUT2D eigenvalue weighted by Crippen LogP contribution is 2.37. The van der Waals surface area contributed by atoms with Crippen molar-refractivity contribution in [3.8, 4) is 0 Å². The molecule has 0 radical (unpaired) electrons. The average Bonchev–Trinajstić information content (AvgIpc) is 2.86. The van der Waals surface area contributed by atoms with Crippen LogP contribution in [-0.2, 0) is 0 Å². The van der Waals surface area contributed by atoms with Gasteiger partial charge in [0.05, 0.1) is 12.2 Å². The molecule has 0 spiro atoms. The first-order valence-corrected chi connectivity index (χ1v) is 6.33. The van der Waals surface area contributed by atoms with E-state index >= 15 is 0 Å². The van der Waals surface area contributed by atoms with Crippen molar-refractivity contribution in [2.45, 2.75) is 25.7 Å². The van der Waals surface area contributed by atoms with E-state index in [0.29, 0.717) is 5.56 Å². The lowest BCUT2D eigenvalue weighted by molar-refractivity contribution is 0.0697. The summed E-state index contributed by atoms with van der Waals surface area (Å²) in [6, 6.07) is 6.71. The summed E-state index contributed by atoms with van der Waals surface area (Å²) in [5, 5.41) is 21.6. The van der Waals surface area contributed by atoms with Crippen LogP contribution < -0.4 is 5.32 Å². The Morgan fingerprint density at radius 2 is 1.83 bits per heavy atom. The maximum Gasteiger partial charge on any atom is 0.335 e. The van der Waals surface area contributed by atoms with Crippen LogP contribution in [0.1, 0.15) is 36.0 Å². The van der Waals surface area contributed by atoms with Crippen LogP contribution in [0.2, 0.25) is 0 Å². The fourth-order valence-electron chi connectivity index (χ4n) is 2.54. The number of carboxylic acids is 1. The Kier molecular flexibility index (Phi) is 3.87. The molecular weight excluding hydrogens is 230 g/mol. The van der Waals surface area contributed by atoms with Gasteiger partial charge in [0.2, 0.25) is 0 Å². The molecule has 0 bridgehead atoms. The SMILES string of the molecule is O=C(O)c1ccc(NCC2(CO)CCCC2)cc1. The van der Waals surface area contributed by atoms with E-state index in [1.54, 1.807) is 24.3 Å². The summed E-state index contributed by atoms with van der Waals surface area (Å²) < 4.78 is 0. The minimum absolute atomic E-state index is 0.00543. The van der Waals surface area contributed by atoms with Gasteiger partial charge in [0, 0.05) is 17.6 Å². The maximum atomic E-state index is 10.7. The lowest BCUT2D eigenvalue weighted by Gasteiger charge is -2.27. The second-order valence-corrected chi connectivity index (χ2v) is 5.10. The largest absolute Gasteiger partial charge is 0.478 e. The normalized spacial score (nSPS) is 17.6. The van der Waals surface area contributed by atoms with Gasteiger partial charge < -0.3 is 15.5 Å². The molecule has 1 aromatic carbocycles. The fraction of sp³-hybridized carbons (Fsp3) is 0.500. The molecule has 2 rings (SSSR count). The number of aliphatic hydroxyl groups is 1. The number of anilines is 1. The first kappa shape index (κ1) is 12.9. The van der Waals surface area contributed by atoms with Gasteiger partial charge in [-0.15, -0.1) is 0 Å². The smallest absolute Gasteiger partial charge is 0.335 e. The van der Waals surface area contributed by atoms with Crippen molar-refractivity contribution < 1.29 is 15.0 Å². The van der Waals surface area contributed by atoms with Crippen LogP contribution in [0.4, 0.5) is 5.69 Å². The highest BCUT2D eigenvalue weighted by Gasteiger charge is 2.32. The molecule has 1 fully saturated rings. The zero-order valence-electron chi connectivity index (χ0n) is 10.4. The summed E-state index contributed by atoms with van der Waals surface area (Å²) in [6.45, 7) is 0.961. The zero-order chi connectivity index (χ0) is 13.0. The lowest BCUT2D eigenvalue weighted by atomic mass is 9.87. The number of nitrogens with one attached hydrogen (secondary N) is 1. The Bertz CT molecular complexity index is 408. The van der Waals surface area contributed by atoms with E-state index in [-0.39, 0.29) is 12.0 Å². The van der Waals surface area contributed by atoms with Crippen molar-refractivity contribution in [2.24, 2.45) is 5.41 Å². The number of hydrogen-bond acceptors (Lipinski definition) is 3. The Labute approximate surface area is 107 Å². The molecule has 1 aromatic rings. The predicted octanol–water partition coefficient (Wildman–Crippen LogP) is 2.35. The van der Waals surface area contributed by atoms with E-state index in [0.717, 1.165) is 25.1 Å². The summed E-state index contributed by atoms with van der Waals surface area (Å²) in [7, 11) is 0. The van der Waals surface area contributed by atoms with Crippen LogP contribution in [0.25, 0.3) is 0 Å². The number of rotatable bonds is 5. The van der Waals surface area contributed by atoms with Crippen molar-refractivity contribution >= 4 is 11.7 Å². The van der Waals surface area contributed by atoms with Crippen molar-refractivity contribution in [3.63, 3.8) is 0 Å². The van der Waals surface area contributed by atoms with Gasteiger partial charge in [0.25, 0.3) is 0 Å². The molecular formula is C14H19NO3. The van der Waals surface area contributed by atoms with Crippen LogP contribution >= 0.6 is 0 Å². The molecule has 0 atom stereocenters. The van der Waals surface area contributed by atoms with E-state index in [4.69, 9.17) is 5.11 Å². The van der Waals surface area contributed by atoms with Crippen LogP contribution in [-0.4, -0.2) is 29.3 Å². The lowest BCUT2D eigenvalue weighted by Crippen LogP contribution is -2.30. The van der Waals surface area contributed by atoms with Crippen molar-refractivity contribution in [2.75, 3.05) is 18.5 Å². The second-order valence-electron chi connectivity index (χ2n) is 5.10. The molecule has 98 valence electrons. The van der Waals surface area contributed by atoms with Crippen molar-refractivity contribution in [1.82, 2.24) is 0 Å².